The summed E-state index contributed by atoms with van der Waals surface area (Å²) in [5.74, 6) is -0.471. The molecule has 0 bridgehead atoms. The van der Waals surface area contributed by atoms with Crippen molar-refractivity contribution in [2.24, 2.45) is 0 Å². The van der Waals surface area contributed by atoms with Crippen LogP contribution >= 0.6 is 15.9 Å². The van der Waals surface area contributed by atoms with E-state index in [1.165, 1.54) is 13.3 Å². The van der Waals surface area contributed by atoms with Crippen LogP contribution in [0.1, 0.15) is 34.1 Å². The molecule has 1 fully saturated rings. The van der Waals surface area contributed by atoms with Crippen molar-refractivity contribution in [3.63, 3.8) is 0 Å². The number of rotatable bonds is 3. The lowest BCUT2D eigenvalue weighted by Gasteiger charge is -2.28. The molecule has 152 valence electrons. The Bertz CT molecular complexity index is 905. The fourth-order valence-electron chi connectivity index (χ4n) is 2.96. The van der Waals surface area contributed by atoms with E-state index in [-0.39, 0.29) is 34.2 Å². The van der Waals surface area contributed by atoms with Crippen molar-refractivity contribution in [1.29, 1.82) is 0 Å². The maximum Gasteiger partial charge on any atom is 0.410 e. The number of carbonyl (C=O) groups is 1. The van der Waals surface area contributed by atoms with Crippen LogP contribution in [0.2, 0.25) is 0 Å². The molecule has 0 saturated carbocycles. The van der Waals surface area contributed by atoms with Gasteiger partial charge in [-0.05, 0) is 43.6 Å². The van der Waals surface area contributed by atoms with Crippen molar-refractivity contribution >= 4 is 32.9 Å². The number of halogens is 2. The minimum atomic E-state index is -0.627. The average molecular weight is 457 g/mol. The van der Waals surface area contributed by atoms with E-state index in [2.05, 4.69) is 30.9 Å². The van der Waals surface area contributed by atoms with Gasteiger partial charge in [-0.15, -0.1) is 0 Å². The number of fused-ring (bicyclic) bond motifs is 1. The summed E-state index contributed by atoms with van der Waals surface area (Å²) < 4.78 is 31.0. The highest BCUT2D eigenvalue weighted by Gasteiger charge is 2.38. The van der Waals surface area contributed by atoms with E-state index < -0.39 is 17.5 Å². The summed E-state index contributed by atoms with van der Waals surface area (Å²) >= 11 is 3.05. The van der Waals surface area contributed by atoms with Gasteiger partial charge >= 0.3 is 12.1 Å². The van der Waals surface area contributed by atoms with Gasteiger partial charge in [-0.1, -0.05) is 0 Å². The molecular weight excluding hydrogens is 435 g/mol. The van der Waals surface area contributed by atoms with E-state index in [1.807, 2.05) is 27.7 Å². The lowest BCUT2D eigenvalue weighted by Crippen LogP contribution is -2.42. The van der Waals surface area contributed by atoms with Gasteiger partial charge in [-0.25, -0.2) is 14.2 Å². The van der Waals surface area contributed by atoms with Crippen LogP contribution in [0.5, 0.6) is 11.9 Å². The quantitative estimate of drug-likeness (QED) is 0.650. The van der Waals surface area contributed by atoms with Crippen LogP contribution < -0.4 is 9.47 Å². The first-order valence-electron chi connectivity index (χ1n) is 8.82. The third-order valence-electron chi connectivity index (χ3n) is 4.34. The van der Waals surface area contributed by atoms with Crippen LogP contribution in [0.15, 0.2) is 10.8 Å². The summed E-state index contributed by atoms with van der Waals surface area (Å²) in [4.78, 5) is 26.2. The second kappa shape index (κ2) is 7.65. The Balaban J connectivity index is 1.87. The molecule has 0 aromatic carbocycles. The molecule has 28 heavy (non-hydrogen) atoms. The minimum Gasteiger partial charge on any atom is -0.471 e. The largest absolute Gasteiger partial charge is 0.471 e. The van der Waals surface area contributed by atoms with E-state index in [4.69, 9.17) is 14.2 Å². The Labute approximate surface area is 170 Å². The predicted octanol–water partition coefficient (Wildman–Crippen LogP) is 3.71. The van der Waals surface area contributed by atoms with E-state index >= 15 is 0 Å². The van der Waals surface area contributed by atoms with Crippen molar-refractivity contribution in [2.45, 2.75) is 51.9 Å². The smallest absolute Gasteiger partial charge is 0.410 e. The van der Waals surface area contributed by atoms with Crippen LogP contribution in [0.4, 0.5) is 9.18 Å². The Morgan fingerprint density at radius 2 is 2.07 bits per heavy atom. The summed E-state index contributed by atoms with van der Waals surface area (Å²) in [5.41, 5.74) is -0.541. The maximum absolute atomic E-state index is 14.4. The Morgan fingerprint density at radius 1 is 1.36 bits per heavy atom. The molecule has 0 spiro atoms. The minimum absolute atomic E-state index is 0.0193. The first kappa shape index (κ1) is 20.5. The first-order valence-corrected chi connectivity index (χ1v) is 9.62. The predicted molar refractivity (Wildman–Crippen MR) is 103 cm³/mol. The van der Waals surface area contributed by atoms with Crippen molar-refractivity contribution < 1.29 is 23.4 Å². The number of hydrogen-bond acceptors (Lipinski definition) is 7. The van der Waals surface area contributed by atoms with Gasteiger partial charge in [-0.2, -0.15) is 9.97 Å². The lowest BCUT2D eigenvalue weighted by molar-refractivity contribution is 0.0190. The van der Waals surface area contributed by atoms with Gasteiger partial charge in [0.05, 0.1) is 18.5 Å². The van der Waals surface area contributed by atoms with Crippen LogP contribution in [0, 0.1) is 5.82 Å². The molecule has 0 N–H and O–H groups in total. The van der Waals surface area contributed by atoms with E-state index in [0.29, 0.717) is 18.4 Å². The van der Waals surface area contributed by atoms with Crippen LogP contribution in [0.25, 0.3) is 10.9 Å². The third kappa shape index (κ3) is 4.11. The SMILES string of the molecule is COc1nc(OC2CCN(C(=O)OC(C)(C)C)C2C)c2cnc(Br)c(F)c2n1. The normalized spacial score (nSPS) is 19.8. The molecule has 3 heterocycles. The van der Waals surface area contributed by atoms with E-state index in [1.54, 1.807) is 4.90 Å². The molecule has 2 aromatic heterocycles. The lowest BCUT2D eigenvalue weighted by atomic mass is 10.2. The van der Waals surface area contributed by atoms with Gasteiger partial charge in [0.2, 0.25) is 5.88 Å². The van der Waals surface area contributed by atoms with Gasteiger partial charge in [-0.3, -0.25) is 0 Å². The molecule has 1 aliphatic heterocycles. The number of carbonyl (C=O) groups excluding carboxylic acids is 1. The molecule has 8 nitrogen and oxygen atoms in total. The highest BCUT2D eigenvalue weighted by molar-refractivity contribution is 9.10. The molecule has 1 saturated heterocycles. The van der Waals surface area contributed by atoms with Gasteiger partial charge in [0.1, 0.15) is 21.8 Å². The molecule has 2 aromatic rings. The number of nitrogens with zero attached hydrogens (tertiary/aromatic N) is 4. The van der Waals surface area contributed by atoms with Crippen LogP contribution in [0.3, 0.4) is 0 Å². The van der Waals surface area contributed by atoms with Crippen LogP contribution in [-0.4, -0.2) is 57.3 Å². The molecule has 2 unspecified atom stereocenters. The number of pyridine rings is 1. The molecule has 0 aliphatic carbocycles. The van der Waals surface area contributed by atoms with Crippen molar-refractivity contribution in [3.8, 4) is 11.9 Å². The monoisotopic (exact) mass is 456 g/mol. The summed E-state index contributed by atoms with van der Waals surface area (Å²) in [7, 11) is 1.39. The van der Waals surface area contributed by atoms with Crippen LogP contribution in [-0.2, 0) is 4.74 Å². The number of ether oxygens (including phenoxy) is 3. The van der Waals surface area contributed by atoms with Gasteiger partial charge in [0.25, 0.3) is 0 Å². The molecule has 10 heteroatoms. The second-order valence-corrected chi connectivity index (χ2v) is 8.25. The summed E-state index contributed by atoms with van der Waals surface area (Å²) in [5, 5.41) is 0.324. The van der Waals surface area contributed by atoms with Gasteiger partial charge in [0, 0.05) is 19.2 Å². The zero-order valence-corrected chi connectivity index (χ0v) is 17.9. The average Bonchev–Trinajstić information content (AvgIpc) is 2.97. The number of likely N-dealkylation sites (tertiary alicyclic amines) is 1. The molecular formula is C18H22BrFN4O4. The van der Waals surface area contributed by atoms with Crippen molar-refractivity contribution in [1.82, 2.24) is 19.9 Å². The fourth-order valence-corrected chi connectivity index (χ4v) is 3.25. The van der Waals surface area contributed by atoms with Gasteiger partial charge in [0.15, 0.2) is 5.82 Å². The van der Waals surface area contributed by atoms with E-state index in [0.717, 1.165) is 0 Å². The Hall–Kier alpha value is -2.23. The Kier molecular flexibility index (Phi) is 5.60. The number of amides is 1. The molecule has 1 amide bonds. The number of aromatic nitrogens is 3. The molecule has 1 aliphatic rings. The third-order valence-corrected chi connectivity index (χ3v) is 4.90. The molecule has 3 rings (SSSR count). The number of hydrogen-bond donors (Lipinski definition) is 0. The Morgan fingerprint density at radius 3 is 2.71 bits per heavy atom. The topological polar surface area (TPSA) is 86.7 Å². The van der Waals surface area contributed by atoms with Gasteiger partial charge < -0.3 is 19.1 Å². The fraction of sp³-hybridized carbons (Fsp3) is 0.556. The zero-order chi connectivity index (χ0) is 20.6. The second-order valence-electron chi connectivity index (χ2n) is 7.50. The molecule has 2 atom stereocenters. The van der Waals surface area contributed by atoms with Crippen molar-refractivity contribution in [3.05, 3.63) is 16.6 Å². The summed E-state index contributed by atoms with van der Waals surface area (Å²) in [6.45, 7) is 7.81. The maximum atomic E-state index is 14.4. The highest BCUT2D eigenvalue weighted by Crippen LogP contribution is 2.32. The summed E-state index contributed by atoms with van der Waals surface area (Å²) in [6.07, 6.45) is 1.28. The first-order chi connectivity index (χ1) is 13.1. The summed E-state index contributed by atoms with van der Waals surface area (Å²) in [6, 6.07) is -0.270. The zero-order valence-electron chi connectivity index (χ0n) is 16.3. The highest BCUT2D eigenvalue weighted by atomic mass is 79.9. The number of methoxy groups -OCH3 is 1. The van der Waals surface area contributed by atoms with E-state index in [9.17, 15) is 9.18 Å². The molecule has 0 radical (unpaired) electrons. The van der Waals surface area contributed by atoms with Crippen molar-refractivity contribution in [2.75, 3.05) is 13.7 Å². The standard InChI is InChI=1S/C18H22BrFN4O4/c1-9-11(6-7-24(9)17(25)28-18(2,3)4)27-15-10-8-21-14(19)12(20)13(10)22-16(23-15)26-5/h8-9,11H,6-7H2,1-5H3.